The van der Waals surface area contributed by atoms with Crippen LogP contribution < -0.4 is 4.74 Å². The molecule has 0 aliphatic carbocycles. The van der Waals surface area contributed by atoms with E-state index in [-0.39, 0.29) is 12.0 Å². The number of carbonyl (C=O) groups excluding carboxylic acids is 1. The molecule has 2 aliphatic heterocycles. The number of rotatable bonds is 7. The lowest BCUT2D eigenvalue weighted by Crippen LogP contribution is -2.68. The van der Waals surface area contributed by atoms with Crippen LogP contribution in [0, 0.1) is 5.92 Å². The standard InChI is InChI=1S/C23H32N4O2/c1-18(2)27-17-21(29-20-7-4-3-5-8-20)23(27)19-9-14-25(15-10-19)22(28)11-16-26-13-6-12-24-26/h3-8,12-13,18-19,21,23H,9-11,14-17H2,1-2H3. The Bertz CT molecular complexity index is 769. The average molecular weight is 397 g/mol. The zero-order valence-electron chi connectivity index (χ0n) is 17.5. The van der Waals surface area contributed by atoms with Gasteiger partial charge >= 0.3 is 0 Å². The fourth-order valence-electron chi connectivity index (χ4n) is 4.71. The van der Waals surface area contributed by atoms with Crippen LogP contribution in [0.25, 0.3) is 0 Å². The molecule has 0 bridgehead atoms. The second-order valence-electron chi connectivity index (χ2n) is 8.49. The molecule has 4 rings (SSSR count). The molecule has 0 radical (unpaired) electrons. The minimum atomic E-state index is 0.241. The van der Waals surface area contributed by atoms with Crippen molar-refractivity contribution in [2.45, 2.75) is 57.8 Å². The van der Waals surface area contributed by atoms with Crippen LogP contribution >= 0.6 is 0 Å². The lowest BCUT2D eigenvalue weighted by atomic mass is 9.79. The molecule has 29 heavy (non-hydrogen) atoms. The van der Waals surface area contributed by atoms with Crippen LogP contribution in [-0.2, 0) is 11.3 Å². The van der Waals surface area contributed by atoms with E-state index in [9.17, 15) is 4.79 Å². The average Bonchev–Trinajstić information content (AvgIpc) is 3.24. The number of benzene rings is 1. The molecule has 1 amide bonds. The molecule has 6 nitrogen and oxygen atoms in total. The molecule has 0 saturated carbocycles. The molecule has 0 spiro atoms. The van der Waals surface area contributed by atoms with E-state index in [1.807, 2.05) is 52.2 Å². The Morgan fingerprint density at radius 1 is 1.17 bits per heavy atom. The Morgan fingerprint density at radius 3 is 2.59 bits per heavy atom. The van der Waals surface area contributed by atoms with Crippen LogP contribution in [0.3, 0.4) is 0 Å². The van der Waals surface area contributed by atoms with Crippen LogP contribution in [0.4, 0.5) is 0 Å². The molecule has 2 aromatic rings. The third-order valence-electron chi connectivity index (χ3n) is 6.34. The molecule has 2 saturated heterocycles. The van der Waals surface area contributed by atoms with Crippen molar-refractivity contribution in [3.8, 4) is 5.75 Å². The zero-order chi connectivity index (χ0) is 20.2. The Balaban J connectivity index is 1.31. The maximum atomic E-state index is 12.6. The van der Waals surface area contributed by atoms with Crippen molar-refractivity contribution in [3.05, 3.63) is 48.8 Å². The Hall–Kier alpha value is -2.34. The maximum absolute atomic E-state index is 12.6. The second kappa shape index (κ2) is 8.99. The largest absolute Gasteiger partial charge is 0.487 e. The summed E-state index contributed by atoms with van der Waals surface area (Å²) < 4.78 is 8.14. The molecule has 2 aliphatic rings. The summed E-state index contributed by atoms with van der Waals surface area (Å²) in [5.41, 5.74) is 0. The highest BCUT2D eigenvalue weighted by Crippen LogP contribution is 2.36. The van der Waals surface area contributed by atoms with Gasteiger partial charge in [-0.25, -0.2) is 0 Å². The second-order valence-corrected chi connectivity index (χ2v) is 8.49. The van der Waals surface area contributed by atoms with Crippen LogP contribution in [-0.4, -0.2) is 63.3 Å². The van der Waals surface area contributed by atoms with Gasteiger partial charge in [0.2, 0.25) is 5.91 Å². The van der Waals surface area contributed by atoms with Gasteiger partial charge in [0.15, 0.2) is 0 Å². The Morgan fingerprint density at radius 2 is 1.93 bits per heavy atom. The molecule has 1 aromatic heterocycles. The lowest BCUT2D eigenvalue weighted by Gasteiger charge is -2.54. The number of aromatic nitrogens is 2. The molecule has 2 atom stereocenters. The van der Waals surface area contributed by atoms with Crippen LogP contribution in [0.15, 0.2) is 48.8 Å². The number of piperidine rings is 1. The fourth-order valence-corrected chi connectivity index (χ4v) is 4.71. The third kappa shape index (κ3) is 4.64. The summed E-state index contributed by atoms with van der Waals surface area (Å²) in [4.78, 5) is 17.2. The van der Waals surface area contributed by atoms with Gasteiger partial charge in [0.1, 0.15) is 11.9 Å². The van der Waals surface area contributed by atoms with Gasteiger partial charge in [-0.05, 0) is 50.8 Å². The highest BCUT2D eigenvalue weighted by molar-refractivity contribution is 5.76. The molecule has 0 N–H and O–H groups in total. The van der Waals surface area contributed by atoms with E-state index < -0.39 is 0 Å². The number of hydrogen-bond donors (Lipinski definition) is 0. The first-order chi connectivity index (χ1) is 14.1. The minimum Gasteiger partial charge on any atom is -0.487 e. The third-order valence-corrected chi connectivity index (χ3v) is 6.34. The van der Waals surface area contributed by atoms with E-state index in [4.69, 9.17) is 4.74 Å². The summed E-state index contributed by atoms with van der Waals surface area (Å²) in [6.45, 7) is 7.87. The van der Waals surface area contributed by atoms with Crippen LogP contribution in [0.1, 0.15) is 33.1 Å². The highest BCUT2D eigenvalue weighted by Gasteiger charge is 2.47. The number of hydrogen-bond acceptors (Lipinski definition) is 4. The van der Waals surface area contributed by atoms with Gasteiger partial charge in [0.05, 0.1) is 6.04 Å². The number of ether oxygens (including phenoxy) is 1. The van der Waals surface area contributed by atoms with E-state index in [1.165, 1.54) is 0 Å². The first kappa shape index (κ1) is 20.0. The Kier molecular flexibility index (Phi) is 6.19. The van der Waals surface area contributed by atoms with Crippen molar-refractivity contribution in [1.29, 1.82) is 0 Å². The summed E-state index contributed by atoms with van der Waals surface area (Å²) in [6.07, 6.45) is 6.53. The van der Waals surface area contributed by atoms with Gasteiger partial charge in [0.25, 0.3) is 0 Å². The number of likely N-dealkylation sites (tertiary alicyclic amines) is 2. The van der Waals surface area contributed by atoms with E-state index in [0.717, 1.165) is 38.2 Å². The van der Waals surface area contributed by atoms with Gasteiger partial charge in [-0.1, -0.05) is 18.2 Å². The number of nitrogens with zero attached hydrogens (tertiary/aromatic N) is 4. The molecule has 156 valence electrons. The van der Waals surface area contributed by atoms with Gasteiger partial charge < -0.3 is 9.64 Å². The van der Waals surface area contributed by atoms with Gasteiger partial charge in [-0.3, -0.25) is 14.4 Å². The molecule has 1 aromatic carbocycles. The SMILES string of the molecule is CC(C)N1CC(Oc2ccccc2)C1C1CCN(C(=O)CCn2cccn2)CC1. The summed E-state index contributed by atoms with van der Waals surface area (Å²) in [6, 6.07) is 13.0. The van der Waals surface area contributed by atoms with Gasteiger partial charge in [-0.15, -0.1) is 0 Å². The fraction of sp³-hybridized carbons (Fsp3) is 0.565. The quantitative estimate of drug-likeness (QED) is 0.722. The lowest BCUT2D eigenvalue weighted by molar-refractivity contribution is -0.135. The van der Waals surface area contributed by atoms with E-state index >= 15 is 0 Å². The van der Waals surface area contributed by atoms with Crippen molar-refractivity contribution in [1.82, 2.24) is 19.6 Å². The number of amides is 1. The summed E-state index contributed by atoms with van der Waals surface area (Å²) >= 11 is 0. The Labute approximate surface area is 173 Å². The van der Waals surface area contributed by atoms with Crippen molar-refractivity contribution >= 4 is 5.91 Å². The number of aryl methyl sites for hydroxylation is 1. The summed E-state index contributed by atoms with van der Waals surface area (Å²) in [7, 11) is 0. The highest BCUT2D eigenvalue weighted by atomic mass is 16.5. The predicted octanol–water partition coefficient (Wildman–Crippen LogP) is 3.05. The molecule has 2 unspecified atom stereocenters. The van der Waals surface area contributed by atoms with Gasteiger partial charge in [0, 0.05) is 51.0 Å². The molecular weight excluding hydrogens is 364 g/mol. The van der Waals surface area contributed by atoms with Crippen molar-refractivity contribution in [2.24, 2.45) is 5.92 Å². The molecule has 2 fully saturated rings. The van der Waals surface area contributed by atoms with Crippen LogP contribution in [0.5, 0.6) is 5.75 Å². The first-order valence-electron chi connectivity index (χ1n) is 10.8. The molecule has 3 heterocycles. The summed E-state index contributed by atoms with van der Waals surface area (Å²) in [5.74, 6) is 1.78. The van der Waals surface area contributed by atoms with E-state index in [2.05, 4.69) is 23.8 Å². The summed E-state index contributed by atoms with van der Waals surface area (Å²) in [5, 5.41) is 4.18. The first-order valence-corrected chi connectivity index (χ1v) is 10.8. The minimum absolute atomic E-state index is 0.241. The maximum Gasteiger partial charge on any atom is 0.224 e. The van der Waals surface area contributed by atoms with E-state index in [1.54, 1.807) is 6.20 Å². The van der Waals surface area contributed by atoms with E-state index in [0.29, 0.717) is 31.0 Å². The van der Waals surface area contributed by atoms with Crippen molar-refractivity contribution in [2.75, 3.05) is 19.6 Å². The molecule has 6 heteroatoms. The van der Waals surface area contributed by atoms with Crippen LogP contribution in [0.2, 0.25) is 0 Å². The smallest absolute Gasteiger partial charge is 0.224 e. The predicted molar refractivity (Wildman–Crippen MR) is 113 cm³/mol. The number of carbonyl (C=O) groups is 1. The monoisotopic (exact) mass is 396 g/mol. The molecular formula is C23H32N4O2. The zero-order valence-corrected chi connectivity index (χ0v) is 17.5. The van der Waals surface area contributed by atoms with Crippen molar-refractivity contribution in [3.63, 3.8) is 0 Å². The topological polar surface area (TPSA) is 50.6 Å². The normalized spacial score (nSPS) is 23.2. The van der Waals surface area contributed by atoms with Gasteiger partial charge in [-0.2, -0.15) is 5.10 Å². The number of para-hydroxylation sites is 1. The van der Waals surface area contributed by atoms with Crippen molar-refractivity contribution < 1.29 is 9.53 Å².